The Morgan fingerprint density at radius 1 is 1.11 bits per heavy atom. The van der Waals surface area contributed by atoms with Gasteiger partial charge in [0.25, 0.3) is 0 Å². The van der Waals surface area contributed by atoms with Crippen molar-refractivity contribution < 1.29 is 0 Å². The third-order valence-corrected chi connectivity index (χ3v) is 4.37. The molecule has 0 saturated heterocycles. The zero-order chi connectivity index (χ0) is 13.3. The lowest BCUT2D eigenvalue weighted by atomic mass is 9.82. The highest BCUT2D eigenvalue weighted by Gasteiger charge is 2.39. The molecule has 0 aliphatic heterocycles. The predicted octanol–water partition coefficient (Wildman–Crippen LogP) is 4.14. The van der Waals surface area contributed by atoms with Gasteiger partial charge in [0, 0.05) is 6.04 Å². The van der Waals surface area contributed by atoms with Crippen molar-refractivity contribution >= 4 is 0 Å². The van der Waals surface area contributed by atoms with Crippen molar-refractivity contribution in [2.75, 3.05) is 6.54 Å². The molecule has 0 aromatic heterocycles. The topological polar surface area (TPSA) is 12.0 Å². The smallest absolute Gasteiger partial charge is 0.0334 e. The third kappa shape index (κ3) is 2.09. The van der Waals surface area contributed by atoms with Crippen LogP contribution in [0.3, 0.4) is 0 Å². The van der Waals surface area contributed by atoms with Crippen molar-refractivity contribution in [3.05, 3.63) is 34.4 Å². The summed E-state index contributed by atoms with van der Waals surface area (Å²) >= 11 is 0. The first kappa shape index (κ1) is 13.6. The monoisotopic (exact) mass is 245 g/mol. The highest BCUT2D eigenvalue weighted by Crippen LogP contribution is 2.47. The molecule has 0 amide bonds. The summed E-state index contributed by atoms with van der Waals surface area (Å²) in [6, 6.07) is 5.26. The molecule has 0 spiro atoms. The molecule has 0 saturated carbocycles. The van der Waals surface area contributed by atoms with E-state index >= 15 is 0 Å². The Labute approximate surface area is 112 Å². The van der Waals surface area contributed by atoms with E-state index in [0.29, 0.717) is 11.5 Å². The molecule has 0 radical (unpaired) electrons. The fourth-order valence-electron chi connectivity index (χ4n) is 3.64. The van der Waals surface area contributed by atoms with Gasteiger partial charge in [0.1, 0.15) is 0 Å². The maximum Gasteiger partial charge on any atom is 0.0334 e. The predicted molar refractivity (Wildman–Crippen MR) is 79.3 cm³/mol. The molecule has 2 rings (SSSR count). The van der Waals surface area contributed by atoms with Gasteiger partial charge < -0.3 is 5.32 Å². The van der Waals surface area contributed by atoms with Gasteiger partial charge in [-0.25, -0.2) is 0 Å². The molecule has 1 nitrogen and oxygen atoms in total. The summed E-state index contributed by atoms with van der Waals surface area (Å²) in [5, 5.41) is 3.68. The highest BCUT2D eigenvalue weighted by molar-refractivity contribution is 5.51. The average Bonchev–Trinajstić information content (AvgIpc) is 2.61. The second-order valence-corrected chi connectivity index (χ2v) is 6.08. The Bertz CT molecular complexity index is 431. The van der Waals surface area contributed by atoms with E-state index in [1.54, 1.807) is 22.3 Å². The number of nitrogens with one attached hydrogen (secondary N) is 1. The molecule has 1 unspecified atom stereocenters. The number of hydrogen-bond donors (Lipinski definition) is 1. The Morgan fingerprint density at radius 3 is 2.28 bits per heavy atom. The summed E-state index contributed by atoms with van der Waals surface area (Å²) in [5.41, 5.74) is 6.66. The standard InChI is InChI=1S/C17H27N/c1-6-12-9-10-13(7-2)16-15(12)14(18-8-3)11-17(16,4)5/h9-10,14,18H,6-8,11H2,1-5H3. The van der Waals surface area contributed by atoms with Crippen LogP contribution in [-0.4, -0.2) is 6.54 Å². The lowest BCUT2D eigenvalue weighted by molar-refractivity contribution is 0.432. The van der Waals surface area contributed by atoms with E-state index in [1.165, 1.54) is 6.42 Å². The molecular formula is C17H27N. The first-order valence-corrected chi connectivity index (χ1v) is 7.43. The SMILES string of the molecule is CCNC1CC(C)(C)c2c(CC)ccc(CC)c21. The molecule has 1 aromatic rings. The molecule has 18 heavy (non-hydrogen) atoms. The Kier molecular flexibility index (Phi) is 3.82. The second kappa shape index (κ2) is 5.05. The van der Waals surface area contributed by atoms with E-state index in [1.807, 2.05) is 0 Å². The number of benzene rings is 1. The van der Waals surface area contributed by atoms with E-state index in [4.69, 9.17) is 0 Å². The first-order valence-electron chi connectivity index (χ1n) is 7.43. The lowest BCUT2D eigenvalue weighted by Gasteiger charge is -2.22. The maximum atomic E-state index is 3.68. The van der Waals surface area contributed by atoms with Crippen molar-refractivity contribution in [1.82, 2.24) is 5.32 Å². The van der Waals surface area contributed by atoms with Gasteiger partial charge in [-0.3, -0.25) is 0 Å². The Balaban J connectivity index is 2.61. The lowest BCUT2D eigenvalue weighted by Crippen LogP contribution is -2.21. The van der Waals surface area contributed by atoms with E-state index < -0.39 is 0 Å². The molecular weight excluding hydrogens is 218 g/mol. The van der Waals surface area contributed by atoms with Gasteiger partial charge in [-0.1, -0.05) is 46.8 Å². The fraction of sp³-hybridized carbons (Fsp3) is 0.647. The molecule has 1 heteroatoms. The van der Waals surface area contributed by atoms with Crippen LogP contribution >= 0.6 is 0 Å². The van der Waals surface area contributed by atoms with Gasteiger partial charge in [-0.05, 0) is 53.5 Å². The minimum atomic E-state index is 0.318. The minimum Gasteiger partial charge on any atom is -0.310 e. The van der Waals surface area contributed by atoms with E-state index in [-0.39, 0.29) is 0 Å². The normalized spacial score (nSPS) is 21.1. The molecule has 100 valence electrons. The molecule has 0 heterocycles. The minimum absolute atomic E-state index is 0.318. The summed E-state index contributed by atoms with van der Waals surface area (Å²) in [4.78, 5) is 0. The second-order valence-electron chi connectivity index (χ2n) is 6.08. The maximum absolute atomic E-state index is 3.68. The van der Waals surface area contributed by atoms with Gasteiger partial charge in [-0.15, -0.1) is 0 Å². The zero-order valence-corrected chi connectivity index (χ0v) is 12.6. The summed E-state index contributed by atoms with van der Waals surface area (Å²) in [6.07, 6.45) is 3.53. The van der Waals surface area contributed by atoms with Crippen LogP contribution in [0.2, 0.25) is 0 Å². The van der Waals surface area contributed by atoms with Crippen LogP contribution in [0.4, 0.5) is 0 Å². The zero-order valence-electron chi connectivity index (χ0n) is 12.6. The molecule has 1 aromatic carbocycles. The van der Waals surface area contributed by atoms with Crippen LogP contribution in [0.5, 0.6) is 0 Å². The fourth-order valence-corrected chi connectivity index (χ4v) is 3.64. The van der Waals surface area contributed by atoms with Crippen LogP contribution in [0.25, 0.3) is 0 Å². The van der Waals surface area contributed by atoms with Crippen LogP contribution in [0.15, 0.2) is 12.1 Å². The third-order valence-electron chi connectivity index (χ3n) is 4.37. The van der Waals surface area contributed by atoms with E-state index in [0.717, 1.165) is 19.4 Å². The summed E-state index contributed by atoms with van der Waals surface area (Å²) in [7, 11) is 0. The van der Waals surface area contributed by atoms with Gasteiger partial charge in [0.15, 0.2) is 0 Å². The van der Waals surface area contributed by atoms with Crippen molar-refractivity contribution in [3.8, 4) is 0 Å². The summed E-state index contributed by atoms with van der Waals surface area (Å²) in [6.45, 7) is 12.6. The van der Waals surface area contributed by atoms with Gasteiger partial charge in [-0.2, -0.15) is 0 Å². The van der Waals surface area contributed by atoms with E-state index in [2.05, 4.69) is 52.1 Å². The molecule has 1 N–H and O–H groups in total. The van der Waals surface area contributed by atoms with Crippen molar-refractivity contribution in [1.29, 1.82) is 0 Å². The van der Waals surface area contributed by atoms with Gasteiger partial charge in [0.2, 0.25) is 0 Å². The molecule has 0 fully saturated rings. The van der Waals surface area contributed by atoms with Crippen molar-refractivity contribution in [2.45, 2.75) is 65.3 Å². The molecule has 1 aliphatic carbocycles. The summed E-state index contributed by atoms with van der Waals surface area (Å²) in [5.74, 6) is 0. The highest BCUT2D eigenvalue weighted by atomic mass is 14.9. The number of rotatable bonds is 4. The Hall–Kier alpha value is -0.820. The van der Waals surface area contributed by atoms with Crippen molar-refractivity contribution in [2.24, 2.45) is 0 Å². The van der Waals surface area contributed by atoms with Crippen LogP contribution in [0.1, 0.15) is 69.3 Å². The Morgan fingerprint density at radius 2 is 1.72 bits per heavy atom. The molecule has 1 atom stereocenters. The van der Waals surface area contributed by atoms with Gasteiger partial charge in [0.05, 0.1) is 0 Å². The first-order chi connectivity index (χ1) is 8.55. The summed E-state index contributed by atoms with van der Waals surface area (Å²) < 4.78 is 0. The van der Waals surface area contributed by atoms with Crippen molar-refractivity contribution in [3.63, 3.8) is 0 Å². The van der Waals surface area contributed by atoms with Crippen LogP contribution in [0, 0.1) is 0 Å². The van der Waals surface area contributed by atoms with Crippen LogP contribution in [-0.2, 0) is 18.3 Å². The quantitative estimate of drug-likeness (QED) is 0.840. The average molecular weight is 245 g/mol. The number of fused-ring (bicyclic) bond motifs is 1. The number of aryl methyl sites for hydroxylation is 2. The van der Waals surface area contributed by atoms with Gasteiger partial charge >= 0.3 is 0 Å². The number of hydrogen-bond acceptors (Lipinski definition) is 1. The van der Waals surface area contributed by atoms with Crippen LogP contribution < -0.4 is 5.32 Å². The van der Waals surface area contributed by atoms with E-state index in [9.17, 15) is 0 Å². The largest absolute Gasteiger partial charge is 0.310 e. The molecule has 1 aliphatic rings. The molecule has 0 bridgehead atoms.